The van der Waals surface area contributed by atoms with E-state index >= 15 is 0 Å². The van der Waals surface area contributed by atoms with Crippen LogP contribution >= 0.6 is 15.9 Å². The van der Waals surface area contributed by atoms with Gasteiger partial charge in [-0.25, -0.2) is 9.59 Å². The molecule has 1 aromatic carbocycles. The maximum atomic E-state index is 12.2. The SMILES string of the molecule is CN1C(=O)C(=Cc2ccc(-c3ccc(Br)cc3C(=O)O)o2)C(=O)N(C)C1=O. The van der Waals surface area contributed by atoms with Crippen LogP contribution in [0, 0.1) is 0 Å². The zero-order chi connectivity index (χ0) is 19.9. The first-order chi connectivity index (χ1) is 12.7. The van der Waals surface area contributed by atoms with E-state index in [4.69, 9.17) is 4.42 Å². The molecule has 0 unspecified atom stereocenters. The third-order valence-electron chi connectivity index (χ3n) is 4.03. The smallest absolute Gasteiger partial charge is 0.336 e. The van der Waals surface area contributed by atoms with E-state index in [-0.39, 0.29) is 22.7 Å². The van der Waals surface area contributed by atoms with Gasteiger partial charge >= 0.3 is 12.0 Å². The summed E-state index contributed by atoms with van der Waals surface area (Å²) in [6, 6.07) is 7.03. The average Bonchev–Trinajstić information content (AvgIpc) is 3.10. The maximum Gasteiger partial charge on any atom is 0.336 e. The molecule has 1 aliphatic heterocycles. The van der Waals surface area contributed by atoms with Crippen molar-refractivity contribution >= 4 is 45.8 Å². The van der Waals surface area contributed by atoms with Crippen molar-refractivity contribution in [1.29, 1.82) is 0 Å². The molecule has 1 N–H and O–H groups in total. The van der Waals surface area contributed by atoms with Crippen molar-refractivity contribution in [1.82, 2.24) is 9.80 Å². The molecular formula is C18H13BrN2O6. The first kappa shape index (κ1) is 18.6. The van der Waals surface area contributed by atoms with Crippen molar-refractivity contribution in [2.75, 3.05) is 14.1 Å². The number of urea groups is 1. The van der Waals surface area contributed by atoms with Gasteiger partial charge in [0.25, 0.3) is 11.8 Å². The minimum absolute atomic E-state index is 0.0350. The van der Waals surface area contributed by atoms with Crippen LogP contribution in [0.3, 0.4) is 0 Å². The summed E-state index contributed by atoms with van der Waals surface area (Å²) in [7, 11) is 2.55. The summed E-state index contributed by atoms with van der Waals surface area (Å²) in [5.74, 6) is -2.16. The van der Waals surface area contributed by atoms with Crippen LogP contribution in [-0.2, 0) is 9.59 Å². The molecule has 1 saturated heterocycles. The monoisotopic (exact) mass is 432 g/mol. The van der Waals surface area contributed by atoms with Crippen LogP contribution in [0.1, 0.15) is 16.1 Å². The number of nitrogens with zero attached hydrogens (tertiary/aromatic N) is 2. The highest BCUT2D eigenvalue weighted by Gasteiger charge is 2.38. The lowest BCUT2D eigenvalue weighted by Gasteiger charge is -2.28. The summed E-state index contributed by atoms with van der Waals surface area (Å²) < 4.78 is 6.22. The molecule has 0 atom stereocenters. The fourth-order valence-corrected chi connectivity index (χ4v) is 2.96. The second-order valence-corrected chi connectivity index (χ2v) is 6.68. The maximum absolute atomic E-state index is 12.2. The molecule has 138 valence electrons. The van der Waals surface area contributed by atoms with E-state index < -0.39 is 23.8 Å². The number of halogens is 1. The number of carbonyl (C=O) groups excluding carboxylic acids is 3. The van der Waals surface area contributed by atoms with Gasteiger partial charge in [0.05, 0.1) is 5.56 Å². The van der Waals surface area contributed by atoms with Gasteiger partial charge in [-0.1, -0.05) is 15.9 Å². The number of hydrogen-bond donors (Lipinski definition) is 1. The van der Waals surface area contributed by atoms with Gasteiger partial charge in [0.1, 0.15) is 17.1 Å². The number of likely N-dealkylation sites (N-methyl/N-ethyl adjacent to an activating group) is 2. The summed E-state index contributed by atoms with van der Waals surface area (Å²) in [6.07, 6.45) is 1.23. The Labute approximate surface area is 161 Å². The summed E-state index contributed by atoms with van der Waals surface area (Å²) in [4.78, 5) is 49.3. The highest BCUT2D eigenvalue weighted by molar-refractivity contribution is 9.10. The number of imide groups is 2. The van der Waals surface area contributed by atoms with Gasteiger partial charge in [-0.05, 0) is 36.4 Å². The third-order valence-corrected chi connectivity index (χ3v) is 4.53. The number of furan rings is 1. The van der Waals surface area contributed by atoms with Crippen LogP contribution in [0.2, 0.25) is 0 Å². The standard InChI is InChI=1S/C18H13BrN2O6/c1-20-15(22)13(16(23)21(2)18(20)26)8-10-4-6-14(27-10)11-5-3-9(19)7-12(11)17(24)25/h3-8H,1-2H3,(H,24,25). The largest absolute Gasteiger partial charge is 0.478 e. The molecule has 0 saturated carbocycles. The van der Waals surface area contributed by atoms with Gasteiger partial charge < -0.3 is 9.52 Å². The number of rotatable bonds is 3. The van der Waals surface area contributed by atoms with Crippen LogP contribution in [0.15, 0.2) is 44.8 Å². The second-order valence-electron chi connectivity index (χ2n) is 5.77. The summed E-state index contributed by atoms with van der Waals surface area (Å²) in [6.45, 7) is 0. The molecule has 27 heavy (non-hydrogen) atoms. The predicted molar refractivity (Wildman–Crippen MR) is 97.7 cm³/mol. The first-order valence-corrected chi connectivity index (χ1v) is 8.45. The molecule has 4 amide bonds. The molecular weight excluding hydrogens is 420 g/mol. The van der Waals surface area contributed by atoms with Crippen molar-refractivity contribution in [3.63, 3.8) is 0 Å². The lowest BCUT2D eigenvalue weighted by molar-refractivity contribution is -0.134. The number of carboxylic acids is 1. The third kappa shape index (κ3) is 3.28. The number of amides is 4. The Morgan fingerprint density at radius 2 is 1.70 bits per heavy atom. The van der Waals surface area contributed by atoms with Gasteiger partial charge in [0, 0.05) is 24.1 Å². The zero-order valence-corrected chi connectivity index (χ0v) is 15.8. The Kier molecular flexibility index (Phi) is 4.71. The number of barbiturate groups is 1. The van der Waals surface area contributed by atoms with Crippen molar-refractivity contribution in [2.45, 2.75) is 0 Å². The van der Waals surface area contributed by atoms with Crippen LogP contribution in [0.25, 0.3) is 17.4 Å². The molecule has 0 spiro atoms. The quantitative estimate of drug-likeness (QED) is 0.589. The van der Waals surface area contributed by atoms with E-state index in [0.29, 0.717) is 10.0 Å². The Hall–Kier alpha value is -3.20. The fraction of sp³-hybridized carbons (Fsp3) is 0.111. The van der Waals surface area contributed by atoms with Gasteiger partial charge in [-0.15, -0.1) is 0 Å². The van der Waals surface area contributed by atoms with Gasteiger partial charge in [0.15, 0.2) is 0 Å². The normalized spacial score (nSPS) is 14.8. The Morgan fingerprint density at radius 3 is 2.30 bits per heavy atom. The first-order valence-electron chi connectivity index (χ1n) is 7.65. The molecule has 1 aliphatic rings. The molecule has 2 heterocycles. The Bertz CT molecular complexity index is 997. The molecule has 0 radical (unpaired) electrons. The van der Waals surface area contributed by atoms with E-state index in [1.165, 1.54) is 32.3 Å². The molecule has 0 aliphatic carbocycles. The van der Waals surface area contributed by atoms with E-state index in [1.54, 1.807) is 18.2 Å². The van der Waals surface area contributed by atoms with Gasteiger partial charge in [0.2, 0.25) is 0 Å². The summed E-state index contributed by atoms with van der Waals surface area (Å²) in [5, 5.41) is 9.37. The van der Waals surface area contributed by atoms with Crippen LogP contribution < -0.4 is 0 Å². The number of aromatic carboxylic acids is 1. The number of carbonyl (C=O) groups is 4. The van der Waals surface area contributed by atoms with Crippen LogP contribution in [0.5, 0.6) is 0 Å². The minimum Gasteiger partial charge on any atom is -0.478 e. The average molecular weight is 433 g/mol. The van der Waals surface area contributed by atoms with E-state index in [0.717, 1.165) is 9.80 Å². The van der Waals surface area contributed by atoms with Crippen molar-refractivity contribution in [2.24, 2.45) is 0 Å². The van der Waals surface area contributed by atoms with Crippen LogP contribution in [-0.4, -0.2) is 52.8 Å². The predicted octanol–water partition coefficient (Wildman–Crippen LogP) is 2.84. The van der Waals surface area contributed by atoms with Crippen LogP contribution in [0.4, 0.5) is 4.79 Å². The summed E-state index contributed by atoms with van der Waals surface area (Å²) >= 11 is 3.22. The zero-order valence-electron chi connectivity index (χ0n) is 14.2. The Balaban J connectivity index is 2.01. The lowest BCUT2D eigenvalue weighted by Crippen LogP contribution is -2.52. The number of hydrogen-bond acceptors (Lipinski definition) is 5. The van der Waals surface area contributed by atoms with Crippen molar-refractivity contribution < 1.29 is 28.7 Å². The molecule has 9 heteroatoms. The van der Waals surface area contributed by atoms with Gasteiger partial charge in [-0.2, -0.15) is 0 Å². The van der Waals surface area contributed by atoms with E-state index in [1.807, 2.05) is 0 Å². The summed E-state index contributed by atoms with van der Waals surface area (Å²) in [5.41, 5.74) is 0.156. The van der Waals surface area contributed by atoms with Crippen molar-refractivity contribution in [3.05, 3.63) is 51.7 Å². The molecule has 2 aromatic rings. The molecule has 8 nitrogen and oxygen atoms in total. The molecule has 0 bridgehead atoms. The number of benzene rings is 1. The highest BCUT2D eigenvalue weighted by Crippen LogP contribution is 2.29. The molecule has 1 fully saturated rings. The van der Waals surface area contributed by atoms with Gasteiger partial charge in [-0.3, -0.25) is 19.4 Å². The second kappa shape index (κ2) is 6.84. The topological polar surface area (TPSA) is 108 Å². The molecule has 1 aromatic heterocycles. The molecule has 3 rings (SSSR count). The van der Waals surface area contributed by atoms with E-state index in [9.17, 15) is 24.3 Å². The number of carboxylic acid groups (broad SMARTS) is 1. The minimum atomic E-state index is -1.12. The Morgan fingerprint density at radius 1 is 1.07 bits per heavy atom. The fourth-order valence-electron chi connectivity index (χ4n) is 2.60. The van der Waals surface area contributed by atoms with Crippen molar-refractivity contribution in [3.8, 4) is 11.3 Å². The van der Waals surface area contributed by atoms with E-state index in [2.05, 4.69) is 15.9 Å². The lowest BCUT2D eigenvalue weighted by atomic mass is 10.1. The highest BCUT2D eigenvalue weighted by atomic mass is 79.9.